The molecule has 0 aliphatic heterocycles. The van der Waals surface area contributed by atoms with Crippen LogP contribution in [0.3, 0.4) is 0 Å². The zero-order valence-electron chi connectivity index (χ0n) is 12.7. The number of anilines is 1. The molecule has 0 aliphatic rings. The van der Waals surface area contributed by atoms with Crippen molar-refractivity contribution < 1.29 is 13.8 Å². The van der Waals surface area contributed by atoms with Gasteiger partial charge in [-0.2, -0.15) is 0 Å². The van der Waals surface area contributed by atoms with Crippen LogP contribution in [0.1, 0.15) is 35.9 Å². The molecular formula is C16H20NO3P. The van der Waals surface area contributed by atoms with Gasteiger partial charge in [-0.15, -0.1) is 0 Å². The molecule has 112 valence electrons. The van der Waals surface area contributed by atoms with E-state index in [0.29, 0.717) is 11.4 Å². The highest BCUT2D eigenvalue weighted by Gasteiger charge is 2.19. The molecule has 1 heterocycles. The normalized spacial score (nSPS) is 11.7. The number of furan rings is 1. The molecular weight excluding hydrogens is 285 g/mol. The van der Waals surface area contributed by atoms with E-state index < -0.39 is 7.14 Å². The van der Waals surface area contributed by atoms with E-state index in [0.717, 1.165) is 11.3 Å². The topological polar surface area (TPSA) is 59.3 Å². The summed E-state index contributed by atoms with van der Waals surface area (Å²) in [6.45, 7) is 7.42. The van der Waals surface area contributed by atoms with Crippen LogP contribution in [0.5, 0.6) is 0 Å². The number of hydrogen-bond donors (Lipinski definition) is 1. The van der Waals surface area contributed by atoms with Crippen LogP contribution in [0, 0.1) is 0 Å². The minimum Gasteiger partial charge on any atom is -0.448 e. The number of hydrogen-bond acceptors (Lipinski definition) is 3. The Morgan fingerprint density at radius 2 is 1.90 bits per heavy atom. The summed E-state index contributed by atoms with van der Waals surface area (Å²) in [4.78, 5) is 12.1. The lowest BCUT2D eigenvalue weighted by Gasteiger charge is -2.08. The number of amides is 1. The standard InChI is InChI=1S/C16H20NO3P/c1-11(2)12-6-5-7-13(10-12)17-16(18)14-8-9-15(20-14)21(3,4)19/h5-11H,1-4H3,(H,17,18). The first-order valence-electron chi connectivity index (χ1n) is 6.84. The van der Waals surface area contributed by atoms with E-state index in [1.165, 1.54) is 0 Å². The number of rotatable bonds is 4. The Morgan fingerprint density at radius 1 is 1.19 bits per heavy atom. The van der Waals surface area contributed by atoms with Crippen molar-refractivity contribution in [3.8, 4) is 0 Å². The van der Waals surface area contributed by atoms with Gasteiger partial charge >= 0.3 is 0 Å². The van der Waals surface area contributed by atoms with Crippen molar-refractivity contribution in [3.63, 3.8) is 0 Å². The second-order valence-electron chi connectivity index (χ2n) is 5.72. The molecule has 0 bridgehead atoms. The molecule has 1 aromatic carbocycles. The zero-order valence-corrected chi connectivity index (χ0v) is 13.6. The molecule has 0 atom stereocenters. The third-order valence-corrected chi connectivity index (χ3v) is 4.46. The van der Waals surface area contributed by atoms with Crippen molar-refractivity contribution in [2.75, 3.05) is 18.6 Å². The first-order valence-corrected chi connectivity index (χ1v) is 9.44. The number of carbonyl (C=O) groups excluding carboxylic acids is 1. The predicted octanol–water partition coefficient (Wildman–Crippen LogP) is 3.90. The lowest BCUT2D eigenvalue weighted by Crippen LogP contribution is -2.11. The SMILES string of the molecule is CC(C)c1cccc(NC(=O)c2ccc(P(C)(C)=O)o2)c1. The molecule has 1 N–H and O–H groups in total. The highest BCUT2D eigenvalue weighted by molar-refractivity contribution is 7.69. The fourth-order valence-electron chi connectivity index (χ4n) is 1.91. The molecule has 4 nitrogen and oxygen atoms in total. The first-order chi connectivity index (χ1) is 9.77. The third-order valence-electron chi connectivity index (χ3n) is 3.16. The Labute approximate surface area is 124 Å². The molecule has 5 heteroatoms. The van der Waals surface area contributed by atoms with Gasteiger partial charge in [0.25, 0.3) is 5.91 Å². The monoisotopic (exact) mass is 305 g/mol. The van der Waals surface area contributed by atoms with Gasteiger partial charge in [-0.25, -0.2) is 0 Å². The summed E-state index contributed by atoms with van der Waals surface area (Å²) in [5.74, 6) is 0.225. The van der Waals surface area contributed by atoms with Crippen LogP contribution >= 0.6 is 7.14 Å². The maximum atomic E-state index is 12.1. The summed E-state index contributed by atoms with van der Waals surface area (Å²) in [7, 11) is -2.49. The van der Waals surface area contributed by atoms with Gasteiger partial charge in [0.05, 0.1) is 0 Å². The molecule has 0 unspecified atom stereocenters. The highest BCUT2D eigenvalue weighted by Crippen LogP contribution is 2.35. The molecule has 0 saturated carbocycles. The van der Waals surface area contributed by atoms with Crippen molar-refractivity contribution in [1.29, 1.82) is 0 Å². The van der Waals surface area contributed by atoms with Gasteiger partial charge in [-0.3, -0.25) is 4.79 Å². The van der Waals surface area contributed by atoms with Crippen LogP contribution in [0.4, 0.5) is 5.69 Å². The van der Waals surface area contributed by atoms with Crippen LogP contribution in [-0.4, -0.2) is 19.2 Å². The van der Waals surface area contributed by atoms with Crippen molar-refractivity contribution in [2.24, 2.45) is 0 Å². The summed E-state index contributed by atoms with van der Waals surface area (Å²) < 4.78 is 17.3. The van der Waals surface area contributed by atoms with E-state index in [9.17, 15) is 9.36 Å². The van der Waals surface area contributed by atoms with E-state index in [4.69, 9.17) is 4.42 Å². The van der Waals surface area contributed by atoms with Crippen molar-refractivity contribution in [1.82, 2.24) is 0 Å². The zero-order chi connectivity index (χ0) is 15.6. The molecule has 0 aliphatic carbocycles. The van der Waals surface area contributed by atoms with E-state index in [1.807, 2.05) is 24.3 Å². The van der Waals surface area contributed by atoms with Crippen molar-refractivity contribution >= 4 is 24.2 Å². The summed E-state index contributed by atoms with van der Waals surface area (Å²) in [5, 5.41) is 2.80. The fraction of sp³-hybridized carbons (Fsp3) is 0.312. The number of carbonyl (C=O) groups is 1. The molecule has 0 fully saturated rings. The Kier molecular flexibility index (Phi) is 4.38. The average Bonchev–Trinajstić information content (AvgIpc) is 2.88. The Balaban J connectivity index is 2.16. The van der Waals surface area contributed by atoms with Crippen LogP contribution in [0.2, 0.25) is 0 Å². The van der Waals surface area contributed by atoms with Gasteiger partial charge in [0, 0.05) is 5.69 Å². The third kappa shape index (κ3) is 3.85. The molecule has 0 saturated heterocycles. The minimum atomic E-state index is -2.49. The minimum absolute atomic E-state index is 0.170. The van der Waals surface area contributed by atoms with Gasteiger partial charge in [-0.05, 0) is 49.1 Å². The van der Waals surface area contributed by atoms with Crippen LogP contribution in [-0.2, 0) is 4.57 Å². The van der Waals surface area contributed by atoms with Gasteiger partial charge < -0.3 is 14.3 Å². The van der Waals surface area contributed by atoms with Gasteiger partial charge in [0.2, 0.25) is 0 Å². The highest BCUT2D eigenvalue weighted by atomic mass is 31.2. The molecule has 0 radical (unpaired) electrons. The number of nitrogens with one attached hydrogen (secondary N) is 1. The predicted molar refractivity (Wildman–Crippen MR) is 86.3 cm³/mol. The lowest BCUT2D eigenvalue weighted by molar-refractivity contribution is 0.0998. The summed E-state index contributed by atoms with van der Waals surface area (Å²) in [6, 6.07) is 10.9. The van der Waals surface area contributed by atoms with Gasteiger partial charge in [0.1, 0.15) is 7.14 Å². The van der Waals surface area contributed by atoms with Crippen molar-refractivity contribution in [2.45, 2.75) is 19.8 Å². The largest absolute Gasteiger partial charge is 0.448 e. The van der Waals surface area contributed by atoms with Gasteiger partial charge in [0.15, 0.2) is 11.3 Å². The van der Waals surface area contributed by atoms with E-state index in [-0.39, 0.29) is 11.7 Å². The fourth-order valence-corrected chi connectivity index (χ4v) is 2.66. The van der Waals surface area contributed by atoms with Crippen LogP contribution in [0.15, 0.2) is 40.8 Å². The second kappa shape index (κ2) is 5.90. The molecule has 1 aromatic heterocycles. The summed E-state index contributed by atoms with van der Waals surface area (Å²) in [6.07, 6.45) is 0. The average molecular weight is 305 g/mol. The van der Waals surface area contributed by atoms with E-state index >= 15 is 0 Å². The number of benzene rings is 1. The quantitative estimate of drug-likeness (QED) is 0.871. The molecule has 0 spiro atoms. The summed E-state index contributed by atoms with van der Waals surface area (Å²) >= 11 is 0. The molecule has 1 amide bonds. The summed E-state index contributed by atoms with van der Waals surface area (Å²) in [5.41, 5.74) is 2.24. The van der Waals surface area contributed by atoms with Crippen molar-refractivity contribution in [3.05, 3.63) is 47.7 Å². The van der Waals surface area contributed by atoms with E-state index in [1.54, 1.807) is 25.5 Å². The Hall–Kier alpha value is -1.80. The smallest absolute Gasteiger partial charge is 0.291 e. The lowest BCUT2D eigenvalue weighted by atomic mass is 10.0. The van der Waals surface area contributed by atoms with Crippen LogP contribution < -0.4 is 10.8 Å². The van der Waals surface area contributed by atoms with E-state index in [2.05, 4.69) is 19.2 Å². The first kappa shape index (κ1) is 15.6. The molecule has 21 heavy (non-hydrogen) atoms. The maximum absolute atomic E-state index is 12.1. The maximum Gasteiger partial charge on any atom is 0.291 e. The second-order valence-corrected chi connectivity index (χ2v) is 8.87. The van der Waals surface area contributed by atoms with Crippen LogP contribution in [0.25, 0.3) is 0 Å². The van der Waals surface area contributed by atoms with Gasteiger partial charge in [-0.1, -0.05) is 26.0 Å². The molecule has 2 aromatic rings. The Bertz CT molecular complexity index is 697. The molecule has 2 rings (SSSR count). The Morgan fingerprint density at radius 3 is 2.48 bits per heavy atom.